The molecule has 0 unspecified atom stereocenters. The summed E-state index contributed by atoms with van der Waals surface area (Å²) in [5.41, 5.74) is 2.02. The van der Waals surface area contributed by atoms with Crippen LogP contribution in [0, 0.1) is 0 Å². The van der Waals surface area contributed by atoms with Crippen molar-refractivity contribution >= 4 is 47.4 Å². The Hall–Kier alpha value is -2.07. The number of piperidine rings is 1. The summed E-state index contributed by atoms with van der Waals surface area (Å²) in [6, 6.07) is 1.78. The molecule has 0 saturated carbocycles. The van der Waals surface area contributed by atoms with Crippen molar-refractivity contribution in [1.29, 1.82) is 0 Å². The van der Waals surface area contributed by atoms with Crippen molar-refractivity contribution in [2.24, 2.45) is 0 Å². The van der Waals surface area contributed by atoms with Gasteiger partial charge in [0.15, 0.2) is 0 Å². The average Bonchev–Trinajstić information content (AvgIpc) is 3.19. The second-order valence-corrected chi connectivity index (χ2v) is 12.8. The quantitative estimate of drug-likeness (QED) is 0.389. The molecule has 171 valence electrons. The Labute approximate surface area is 194 Å². The van der Waals surface area contributed by atoms with Crippen LogP contribution in [-0.4, -0.2) is 89.5 Å². The fourth-order valence-corrected chi connectivity index (χ4v) is 6.20. The molecule has 1 fully saturated rings. The van der Waals surface area contributed by atoms with Gasteiger partial charge in [-0.1, -0.05) is 0 Å². The van der Waals surface area contributed by atoms with Crippen molar-refractivity contribution in [2.75, 3.05) is 24.7 Å². The second kappa shape index (κ2) is 9.05. The predicted molar refractivity (Wildman–Crippen MR) is 124 cm³/mol. The fourth-order valence-electron chi connectivity index (χ4n) is 3.53. The molecule has 4 heterocycles. The summed E-state index contributed by atoms with van der Waals surface area (Å²) >= 11 is -0.432. The van der Waals surface area contributed by atoms with Gasteiger partial charge in [-0.05, 0) is 0 Å². The van der Waals surface area contributed by atoms with Gasteiger partial charge in [-0.25, -0.2) is 0 Å². The summed E-state index contributed by atoms with van der Waals surface area (Å²) in [5, 5.41) is 14.2. The topological polar surface area (TPSA) is 137 Å². The third-order valence-corrected chi connectivity index (χ3v) is 9.38. The number of H-pyrrole nitrogens is 1. The Morgan fingerprint density at radius 3 is 2.88 bits per heavy atom. The number of hydrogen-bond donors (Lipinski definition) is 3. The molecule has 3 aromatic heterocycles. The Morgan fingerprint density at radius 2 is 2.12 bits per heavy atom. The van der Waals surface area contributed by atoms with Crippen molar-refractivity contribution in [2.45, 2.75) is 43.5 Å². The molecule has 1 aliphatic rings. The zero-order valence-electron chi connectivity index (χ0n) is 18.3. The van der Waals surface area contributed by atoms with Gasteiger partial charge in [-0.3, -0.25) is 0 Å². The van der Waals surface area contributed by atoms with Crippen LogP contribution in [0.4, 0.5) is 5.82 Å². The molecule has 3 aromatic rings. The number of nitrogens with one attached hydrogen (secondary N) is 2. The Kier molecular flexibility index (Phi) is 6.53. The number of fused-ring (bicyclic) bond motifs is 1. The van der Waals surface area contributed by atoms with Gasteiger partial charge in [0.05, 0.1) is 0 Å². The van der Waals surface area contributed by atoms with Crippen LogP contribution in [0.15, 0.2) is 24.7 Å². The molecule has 1 atom stereocenters. The van der Waals surface area contributed by atoms with E-state index in [9.17, 15) is 13.5 Å². The Balaban J connectivity index is 1.66. The molecule has 0 spiro atoms. The van der Waals surface area contributed by atoms with Gasteiger partial charge >= 0.3 is 194 Å². The van der Waals surface area contributed by atoms with Gasteiger partial charge in [-0.2, -0.15) is 0 Å². The summed E-state index contributed by atoms with van der Waals surface area (Å²) in [6.07, 6.45) is 8.06. The van der Waals surface area contributed by atoms with Crippen LogP contribution >= 0.6 is 0 Å². The Bertz CT molecular complexity index is 1210. The molecule has 10 nitrogen and oxygen atoms in total. The summed E-state index contributed by atoms with van der Waals surface area (Å²) in [6.45, 7) is 4.47. The molecule has 32 heavy (non-hydrogen) atoms. The molecule has 1 saturated heterocycles. The van der Waals surface area contributed by atoms with Gasteiger partial charge in [-0.15, -0.1) is 0 Å². The summed E-state index contributed by atoms with van der Waals surface area (Å²) < 4.78 is 26.3. The summed E-state index contributed by atoms with van der Waals surface area (Å²) in [4.78, 5) is 21.4. The minimum absolute atomic E-state index is 0.0746. The molecule has 1 aliphatic heterocycles. The third-order valence-electron chi connectivity index (χ3n) is 5.11. The van der Waals surface area contributed by atoms with Crippen molar-refractivity contribution in [3.05, 3.63) is 24.7 Å². The molecule has 0 amide bonds. The summed E-state index contributed by atoms with van der Waals surface area (Å²) in [5.74, 6) is 0.616. The molecular formula is C20H27AsN7O3S. The maximum atomic E-state index is 12.0. The number of hydrogen-bond acceptors (Lipinski definition) is 8. The number of aromatic amines is 1. The van der Waals surface area contributed by atoms with E-state index in [2.05, 4.69) is 25.3 Å². The van der Waals surface area contributed by atoms with Crippen LogP contribution in [0.3, 0.4) is 0 Å². The van der Waals surface area contributed by atoms with Crippen molar-refractivity contribution in [3.63, 3.8) is 0 Å². The zero-order valence-corrected chi connectivity index (χ0v) is 21.0. The van der Waals surface area contributed by atoms with E-state index in [1.165, 1.54) is 10.6 Å². The van der Waals surface area contributed by atoms with E-state index in [4.69, 9.17) is 4.98 Å². The SMILES string of the molecule is CC(C)(O)C[As]c1ncc(-c2cnc3[nH]ccc3n2)c(N[C@H]2CCCN(S(C)(=O)=O)C2)n1. The Morgan fingerprint density at radius 1 is 1.31 bits per heavy atom. The van der Waals surface area contributed by atoms with E-state index >= 15 is 0 Å². The molecule has 0 aromatic carbocycles. The summed E-state index contributed by atoms with van der Waals surface area (Å²) in [7, 11) is -3.25. The first-order chi connectivity index (χ1) is 15.1. The first kappa shape index (κ1) is 23.1. The van der Waals surface area contributed by atoms with Crippen molar-refractivity contribution < 1.29 is 13.5 Å². The van der Waals surface area contributed by atoms with Gasteiger partial charge in [0.1, 0.15) is 0 Å². The predicted octanol–water partition coefficient (Wildman–Crippen LogP) is 0.769. The number of anilines is 1. The second-order valence-electron chi connectivity index (χ2n) is 8.63. The van der Waals surface area contributed by atoms with Crippen molar-refractivity contribution in [3.8, 4) is 11.3 Å². The number of aliphatic hydroxyl groups is 1. The van der Waals surface area contributed by atoms with E-state index in [0.29, 0.717) is 45.6 Å². The molecule has 0 aliphatic carbocycles. The number of sulfonamides is 1. The third kappa shape index (κ3) is 5.64. The molecular weight excluding hydrogens is 493 g/mol. The molecule has 12 heteroatoms. The molecule has 3 N–H and O–H groups in total. The van der Waals surface area contributed by atoms with Crippen LogP contribution in [-0.2, 0) is 10.0 Å². The van der Waals surface area contributed by atoms with Crippen LogP contribution < -0.4 is 9.93 Å². The normalized spacial score (nSPS) is 18.6. The average molecular weight is 520 g/mol. The van der Waals surface area contributed by atoms with E-state index in [0.717, 1.165) is 18.4 Å². The standard InChI is InChI=1S/C20H27AsN7O3S/c1-20(2,29)12-21-19-24-9-14(16-10-23-18-15(26-16)6-7-22-18)17(27-19)25-13-5-4-8-28(11-13)32(3,30)31/h6-7,9-10,13,29H,4-5,8,11-12H2,1-3H3,(H,22,23)(H,24,25,27)/t13-/m0/s1. The van der Waals surface area contributed by atoms with E-state index in [1.54, 1.807) is 32.4 Å². The van der Waals surface area contributed by atoms with E-state index in [-0.39, 0.29) is 6.04 Å². The van der Waals surface area contributed by atoms with Gasteiger partial charge < -0.3 is 0 Å². The van der Waals surface area contributed by atoms with Crippen LogP contribution in [0.2, 0.25) is 5.21 Å². The molecule has 1 radical (unpaired) electrons. The molecule has 4 rings (SSSR count). The van der Waals surface area contributed by atoms with Gasteiger partial charge in [0.25, 0.3) is 0 Å². The first-order valence-corrected chi connectivity index (χ1v) is 14.5. The zero-order chi connectivity index (χ0) is 22.9. The van der Waals surface area contributed by atoms with Crippen molar-refractivity contribution in [1.82, 2.24) is 29.2 Å². The van der Waals surface area contributed by atoms with Crippen LogP contribution in [0.25, 0.3) is 22.4 Å². The maximum absolute atomic E-state index is 12.0. The number of rotatable bonds is 7. The van der Waals surface area contributed by atoms with Crippen LogP contribution in [0.5, 0.6) is 0 Å². The fraction of sp³-hybridized carbons (Fsp3) is 0.500. The number of aromatic nitrogens is 5. The first-order valence-electron chi connectivity index (χ1n) is 10.4. The molecule has 0 bridgehead atoms. The number of nitrogens with zero attached hydrogens (tertiary/aromatic N) is 5. The van der Waals surface area contributed by atoms with Gasteiger partial charge in [0, 0.05) is 0 Å². The van der Waals surface area contributed by atoms with E-state index < -0.39 is 31.4 Å². The minimum atomic E-state index is -3.25. The van der Waals surface area contributed by atoms with Crippen LogP contribution in [0.1, 0.15) is 26.7 Å². The monoisotopic (exact) mass is 520 g/mol. The van der Waals surface area contributed by atoms with Gasteiger partial charge in [0.2, 0.25) is 0 Å². The van der Waals surface area contributed by atoms with E-state index in [1.807, 2.05) is 6.07 Å².